The number of aromatic nitrogens is 2. The highest BCUT2D eigenvalue weighted by Gasteiger charge is 2.22. The number of fused-ring (bicyclic) bond motifs is 2. The quantitative estimate of drug-likeness (QED) is 0.787. The number of pyridine rings is 1. The molecule has 0 radical (unpaired) electrons. The first-order chi connectivity index (χ1) is 11.7. The molecule has 0 amide bonds. The molecule has 4 rings (SSSR count). The maximum atomic E-state index is 9.62. The number of nitrogens with zero attached hydrogens (tertiary/aromatic N) is 3. The number of rotatable bonds is 2. The number of ether oxygens (including phenoxy) is 1. The summed E-state index contributed by atoms with van der Waals surface area (Å²) in [5.74, 6) is 0.305. The summed E-state index contributed by atoms with van der Waals surface area (Å²) < 4.78 is 7.81. The van der Waals surface area contributed by atoms with Crippen molar-refractivity contribution >= 4 is 16.7 Å². The molecule has 120 valence electrons. The van der Waals surface area contributed by atoms with Crippen molar-refractivity contribution in [3.8, 4) is 17.2 Å². The number of nitrogen functional groups attached to an aromatic ring is 1. The van der Waals surface area contributed by atoms with Crippen LogP contribution in [0, 0.1) is 11.3 Å². The molecule has 0 bridgehead atoms. The van der Waals surface area contributed by atoms with Gasteiger partial charge in [0, 0.05) is 35.8 Å². The van der Waals surface area contributed by atoms with E-state index in [1.54, 1.807) is 0 Å². The lowest BCUT2D eigenvalue weighted by Gasteiger charge is -2.21. The second-order valence-electron chi connectivity index (χ2n) is 5.96. The van der Waals surface area contributed by atoms with Gasteiger partial charge in [-0.3, -0.25) is 0 Å². The van der Waals surface area contributed by atoms with Crippen LogP contribution in [0.2, 0.25) is 0 Å². The molecular formula is C19H18N4O. The first-order valence-corrected chi connectivity index (χ1v) is 8.11. The van der Waals surface area contributed by atoms with Crippen molar-refractivity contribution in [2.24, 2.45) is 0 Å². The summed E-state index contributed by atoms with van der Waals surface area (Å²) in [6, 6.07) is 10.6. The van der Waals surface area contributed by atoms with E-state index < -0.39 is 0 Å². The topological polar surface area (TPSA) is 76.9 Å². The third-order valence-corrected chi connectivity index (χ3v) is 4.66. The lowest BCUT2D eigenvalue weighted by molar-refractivity contribution is 0.109. The number of aryl methyl sites for hydroxylation is 1. The van der Waals surface area contributed by atoms with Gasteiger partial charge in [0.2, 0.25) is 0 Å². The van der Waals surface area contributed by atoms with Crippen LogP contribution in [0.3, 0.4) is 0 Å². The van der Waals surface area contributed by atoms with E-state index in [0.717, 1.165) is 40.9 Å². The molecule has 0 saturated carbocycles. The van der Waals surface area contributed by atoms with Gasteiger partial charge >= 0.3 is 0 Å². The van der Waals surface area contributed by atoms with Gasteiger partial charge in [0.15, 0.2) is 0 Å². The van der Waals surface area contributed by atoms with Gasteiger partial charge in [0.25, 0.3) is 0 Å². The molecule has 5 heteroatoms. The van der Waals surface area contributed by atoms with E-state index in [2.05, 4.69) is 46.9 Å². The minimum atomic E-state index is 0.305. The predicted molar refractivity (Wildman–Crippen MR) is 93.3 cm³/mol. The van der Waals surface area contributed by atoms with E-state index in [-0.39, 0.29) is 0 Å². The van der Waals surface area contributed by atoms with Crippen LogP contribution >= 0.6 is 0 Å². The zero-order valence-electron chi connectivity index (χ0n) is 13.5. The third-order valence-electron chi connectivity index (χ3n) is 4.66. The summed E-state index contributed by atoms with van der Waals surface area (Å²) in [6.07, 6.45) is 2.81. The molecule has 24 heavy (non-hydrogen) atoms. The number of anilines is 1. The summed E-state index contributed by atoms with van der Waals surface area (Å²) in [7, 11) is 0. The van der Waals surface area contributed by atoms with Gasteiger partial charge in [-0.2, -0.15) is 5.26 Å². The van der Waals surface area contributed by atoms with Crippen LogP contribution in [0.4, 0.5) is 5.82 Å². The number of benzene rings is 1. The molecule has 0 atom stereocenters. The van der Waals surface area contributed by atoms with Gasteiger partial charge in [0.1, 0.15) is 17.5 Å². The van der Waals surface area contributed by atoms with Crippen LogP contribution in [0.15, 0.2) is 30.5 Å². The van der Waals surface area contributed by atoms with Crippen molar-refractivity contribution in [2.75, 3.05) is 12.3 Å². The van der Waals surface area contributed by atoms with Gasteiger partial charge in [-0.15, -0.1) is 0 Å². The molecule has 2 aromatic heterocycles. The molecule has 3 heterocycles. The molecule has 3 aromatic rings. The normalized spacial score (nSPS) is 13.7. The Bertz CT molecular complexity index is 981. The van der Waals surface area contributed by atoms with Crippen LogP contribution in [0.1, 0.15) is 23.7 Å². The first kappa shape index (κ1) is 14.7. The van der Waals surface area contributed by atoms with Gasteiger partial charge in [-0.25, -0.2) is 4.98 Å². The average Bonchev–Trinajstić information content (AvgIpc) is 3.02. The van der Waals surface area contributed by atoms with E-state index >= 15 is 0 Å². The summed E-state index contributed by atoms with van der Waals surface area (Å²) in [5.41, 5.74) is 11.4. The minimum Gasteiger partial charge on any atom is -0.383 e. The zero-order chi connectivity index (χ0) is 16.7. The Balaban J connectivity index is 2.02. The summed E-state index contributed by atoms with van der Waals surface area (Å²) in [5, 5.41) is 10.8. The Labute approximate surface area is 140 Å². The fourth-order valence-corrected chi connectivity index (χ4v) is 3.44. The zero-order valence-corrected chi connectivity index (χ0v) is 13.5. The average molecular weight is 318 g/mol. The maximum absolute atomic E-state index is 9.62. The summed E-state index contributed by atoms with van der Waals surface area (Å²) in [4.78, 5) is 4.43. The van der Waals surface area contributed by atoms with Crippen molar-refractivity contribution in [3.63, 3.8) is 0 Å². The summed E-state index contributed by atoms with van der Waals surface area (Å²) in [6.45, 7) is 4.13. The van der Waals surface area contributed by atoms with Gasteiger partial charge in [-0.1, -0.05) is 12.1 Å². The van der Waals surface area contributed by atoms with E-state index in [9.17, 15) is 5.26 Å². The molecule has 0 spiro atoms. The standard InChI is InChI=1S/C19H18N4O/c1-2-23-7-5-12-3-4-13(9-17(12)23)18-14(10-20)19(21)22-16-6-8-24-11-15(16)18/h3-5,7,9H,2,6,8,11H2,1H3,(H2,21,22). The molecule has 1 aromatic carbocycles. The van der Waals surface area contributed by atoms with E-state index in [1.165, 1.54) is 5.39 Å². The third kappa shape index (κ3) is 2.15. The molecule has 1 aliphatic rings. The van der Waals surface area contributed by atoms with Crippen molar-refractivity contribution in [3.05, 3.63) is 47.3 Å². The van der Waals surface area contributed by atoms with E-state index in [0.29, 0.717) is 24.6 Å². The summed E-state index contributed by atoms with van der Waals surface area (Å²) >= 11 is 0. The lowest BCUT2D eigenvalue weighted by Crippen LogP contribution is -2.16. The van der Waals surface area contributed by atoms with Crippen molar-refractivity contribution in [1.82, 2.24) is 9.55 Å². The molecular weight excluding hydrogens is 300 g/mol. The molecule has 2 N–H and O–H groups in total. The monoisotopic (exact) mass is 318 g/mol. The number of hydrogen-bond acceptors (Lipinski definition) is 4. The van der Waals surface area contributed by atoms with Crippen LogP contribution in [0.5, 0.6) is 0 Å². The van der Waals surface area contributed by atoms with E-state index in [4.69, 9.17) is 10.5 Å². The highest BCUT2D eigenvalue weighted by atomic mass is 16.5. The van der Waals surface area contributed by atoms with Crippen molar-refractivity contribution < 1.29 is 4.74 Å². The molecule has 5 nitrogen and oxygen atoms in total. The SMILES string of the molecule is CCn1ccc2ccc(-c3c(C#N)c(N)nc4c3COCC4)cc21. The van der Waals surface area contributed by atoms with Crippen LogP contribution in [0.25, 0.3) is 22.0 Å². The second kappa shape index (κ2) is 5.66. The molecule has 0 aliphatic carbocycles. The Morgan fingerprint density at radius 1 is 1.38 bits per heavy atom. The molecule has 0 saturated heterocycles. The van der Waals surface area contributed by atoms with E-state index in [1.807, 2.05) is 6.07 Å². The molecule has 0 fully saturated rings. The van der Waals surface area contributed by atoms with Gasteiger partial charge in [0.05, 0.1) is 18.9 Å². The van der Waals surface area contributed by atoms with Crippen LogP contribution in [-0.4, -0.2) is 16.2 Å². The predicted octanol–water partition coefficient (Wildman–Crippen LogP) is 3.25. The van der Waals surface area contributed by atoms with Gasteiger partial charge in [-0.05, 0) is 30.0 Å². The number of nitriles is 1. The lowest BCUT2D eigenvalue weighted by atomic mass is 9.92. The maximum Gasteiger partial charge on any atom is 0.142 e. The fourth-order valence-electron chi connectivity index (χ4n) is 3.44. The largest absolute Gasteiger partial charge is 0.383 e. The Morgan fingerprint density at radius 3 is 3.04 bits per heavy atom. The number of nitrogens with two attached hydrogens (primary N) is 1. The minimum absolute atomic E-state index is 0.305. The highest BCUT2D eigenvalue weighted by molar-refractivity contribution is 5.88. The van der Waals surface area contributed by atoms with Crippen molar-refractivity contribution in [2.45, 2.75) is 26.5 Å². The highest BCUT2D eigenvalue weighted by Crippen LogP contribution is 2.35. The molecule has 0 unspecified atom stereocenters. The van der Waals surface area contributed by atoms with Crippen LogP contribution < -0.4 is 5.73 Å². The second-order valence-corrected chi connectivity index (χ2v) is 5.96. The van der Waals surface area contributed by atoms with Crippen molar-refractivity contribution in [1.29, 1.82) is 5.26 Å². The van der Waals surface area contributed by atoms with Gasteiger partial charge < -0.3 is 15.0 Å². The first-order valence-electron chi connectivity index (χ1n) is 8.11. The number of hydrogen-bond donors (Lipinski definition) is 1. The Hall–Kier alpha value is -2.84. The Morgan fingerprint density at radius 2 is 2.25 bits per heavy atom. The smallest absolute Gasteiger partial charge is 0.142 e. The fraction of sp³-hybridized carbons (Fsp3) is 0.263. The Kier molecular flexibility index (Phi) is 3.47. The van der Waals surface area contributed by atoms with Crippen LogP contribution in [-0.2, 0) is 24.3 Å². The molecule has 1 aliphatic heterocycles.